The number of ether oxygens (including phenoxy) is 1. The van der Waals surface area contributed by atoms with Gasteiger partial charge in [-0.15, -0.1) is 0 Å². The molecule has 1 aliphatic heterocycles. The van der Waals surface area contributed by atoms with Crippen LogP contribution in [0.4, 0.5) is 0 Å². The Balaban J connectivity index is 2.29. The molecule has 0 aromatic heterocycles. The summed E-state index contributed by atoms with van der Waals surface area (Å²) in [5.74, 6) is 0.706. The van der Waals surface area contributed by atoms with E-state index in [9.17, 15) is 13.2 Å². The topological polar surface area (TPSA) is 100 Å². The van der Waals surface area contributed by atoms with Gasteiger partial charge in [0.1, 0.15) is 0 Å². The largest absolute Gasteiger partial charge is 0.469 e. The van der Waals surface area contributed by atoms with Gasteiger partial charge in [0.05, 0.1) is 18.8 Å². The molecule has 1 saturated heterocycles. The molecule has 0 aliphatic carbocycles. The molecule has 0 radical (unpaired) electrons. The minimum atomic E-state index is -3.13. The first-order valence-corrected chi connectivity index (χ1v) is 9.59. The van der Waals surface area contributed by atoms with Crippen LogP contribution in [0.5, 0.6) is 0 Å². The van der Waals surface area contributed by atoms with E-state index < -0.39 is 10.0 Å². The van der Waals surface area contributed by atoms with Gasteiger partial charge in [0.2, 0.25) is 10.0 Å². The van der Waals surface area contributed by atoms with Crippen molar-refractivity contribution in [3.63, 3.8) is 0 Å². The van der Waals surface area contributed by atoms with Gasteiger partial charge >= 0.3 is 5.97 Å². The average Bonchev–Trinajstić information content (AvgIpc) is 2.57. The first-order valence-electron chi connectivity index (χ1n) is 7.94. The Morgan fingerprint density at radius 3 is 2.48 bits per heavy atom. The Hall–Kier alpha value is -1.35. The van der Waals surface area contributed by atoms with E-state index in [1.165, 1.54) is 7.11 Å². The highest BCUT2D eigenvalue weighted by Gasteiger charge is 2.26. The number of hydrogen-bond donors (Lipinski definition) is 2. The summed E-state index contributed by atoms with van der Waals surface area (Å²) in [6.45, 7) is 4.16. The molecule has 1 heterocycles. The second-order valence-corrected chi connectivity index (χ2v) is 7.51. The van der Waals surface area contributed by atoms with Crippen LogP contribution >= 0.6 is 0 Å². The van der Waals surface area contributed by atoms with E-state index in [0.717, 1.165) is 31.9 Å². The lowest BCUT2D eigenvalue weighted by atomic mass is 9.97. The molecule has 0 aromatic carbocycles. The van der Waals surface area contributed by atoms with Crippen LogP contribution in [-0.2, 0) is 19.6 Å². The zero-order chi connectivity index (χ0) is 17.3. The third kappa shape index (κ3) is 6.74. The number of carbonyl (C=O) groups excluding carboxylic acids is 1. The van der Waals surface area contributed by atoms with Crippen LogP contribution in [0.3, 0.4) is 0 Å². The molecule has 9 heteroatoms. The van der Waals surface area contributed by atoms with Crippen LogP contribution in [0.15, 0.2) is 4.99 Å². The minimum Gasteiger partial charge on any atom is -0.469 e. The van der Waals surface area contributed by atoms with Crippen molar-refractivity contribution in [2.24, 2.45) is 10.9 Å². The van der Waals surface area contributed by atoms with Crippen LogP contribution < -0.4 is 10.0 Å². The normalized spacial score (nSPS) is 17.2. The number of carbonyl (C=O) groups is 1. The summed E-state index contributed by atoms with van der Waals surface area (Å²) < 4.78 is 29.9. The molecule has 0 amide bonds. The van der Waals surface area contributed by atoms with Crippen molar-refractivity contribution in [1.29, 1.82) is 0 Å². The fourth-order valence-electron chi connectivity index (χ4n) is 2.44. The van der Waals surface area contributed by atoms with Crippen LogP contribution in [0.25, 0.3) is 0 Å². The molecule has 0 aromatic rings. The molecule has 0 saturated carbocycles. The lowest BCUT2D eigenvalue weighted by molar-refractivity contribution is -0.146. The van der Waals surface area contributed by atoms with Gasteiger partial charge in [-0.05, 0) is 26.2 Å². The number of methoxy groups -OCH3 is 1. The third-order valence-corrected chi connectivity index (χ3v) is 5.28. The summed E-state index contributed by atoms with van der Waals surface area (Å²) in [6.07, 6.45) is 2.18. The van der Waals surface area contributed by atoms with Crippen molar-refractivity contribution in [2.75, 3.05) is 46.1 Å². The van der Waals surface area contributed by atoms with E-state index >= 15 is 0 Å². The van der Waals surface area contributed by atoms with Crippen molar-refractivity contribution in [3.8, 4) is 0 Å². The molecule has 1 rings (SSSR count). The van der Waals surface area contributed by atoms with Gasteiger partial charge in [-0.2, -0.15) is 0 Å². The second-order valence-electron chi connectivity index (χ2n) is 5.41. The number of hydrogen-bond acceptors (Lipinski definition) is 5. The Morgan fingerprint density at radius 2 is 1.96 bits per heavy atom. The van der Waals surface area contributed by atoms with E-state index in [0.29, 0.717) is 19.5 Å². The summed E-state index contributed by atoms with van der Waals surface area (Å²) in [5, 5.41) is 3.23. The van der Waals surface area contributed by atoms with Crippen molar-refractivity contribution in [3.05, 3.63) is 0 Å². The van der Waals surface area contributed by atoms with E-state index in [2.05, 4.69) is 19.9 Å². The monoisotopic (exact) mass is 348 g/mol. The molecule has 0 atom stereocenters. The third-order valence-electron chi connectivity index (χ3n) is 3.88. The number of sulfonamides is 1. The quantitative estimate of drug-likeness (QED) is 0.285. The molecule has 0 bridgehead atoms. The smallest absolute Gasteiger partial charge is 0.308 e. The van der Waals surface area contributed by atoms with Gasteiger partial charge in [0.25, 0.3) is 0 Å². The Labute approximate surface area is 138 Å². The summed E-state index contributed by atoms with van der Waals surface area (Å²) in [6, 6.07) is 0. The molecule has 0 spiro atoms. The molecule has 8 nitrogen and oxygen atoms in total. The SMILES string of the molecule is CCS(=O)(=O)NCCCNC(=NC)N1CCC(C(=O)OC)CC1. The number of esters is 1. The highest BCUT2D eigenvalue weighted by molar-refractivity contribution is 7.89. The maximum Gasteiger partial charge on any atom is 0.308 e. The second kappa shape index (κ2) is 9.71. The van der Waals surface area contributed by atoms with Crippen molar-refractivity contribution in [2.45, 2.75) is 26.2 Å². The Kier molecular flexibility index (Phi) is 8.32. The predicted molar refractivity (Wildman–Crippen MR) is 89.8 cm³/mol. The molecular weight excluding hydrogens is 320 g/mol. The van der Waals surface area contributed by atoms with Crippen molar-refractivity contribution >= 4 is 22.0 Å². The average molecular weight is 348 g/mol. The zero-order valence-corrected chi connectivity index (χ0v) is 15.0. The van der Waals surface area contributed by atoms with Gasteiger partial charge in [0.15, 0.2) is 5.96 Å². The maximum atomic E-state index is 11.5. The van der Waals surface area contributed by atoms with Gasteiger partial charge < -0.3 is 15.0 Å². The fourth-order valence-corrected chi connectivity index (χ4v) is 3.10. The number of nitrogens with zero attached hydrogens (tertiary/aromatic N) is 2. The van der Waals surface area contributed by atoms with Crippen molar-refractivity contribution < 1.29 is 17.9 Å². The predicted octanol–water partition coefficient (Wildman–Crippen LogP) is -0.224. The Morgan fingerprint density at radius 1 is 1.30 bits per heavy atom. The maximum absolute atomic E-state index is 11.5. The van der Waals surface area contributed by atoms with Gasteiger partial charge in [-0.25, -0.2) is 13.1 Å². The lowest BCUT2D eigenvalue weighted by Crippen LogP contribution is -2.47. The number of rotatable bonds is 7. The summed E-state index contributed by atoms with van der Waals surface area (Å²) >= 11 is 0. The first-order chi connectivity index (χ1) is 10.9. The van der Waals surface area contributed by atoms with Gasteiger partial charge in [-0.1, -0.05) is 0 Å². The van der Waals surface area contributed by atoms with E-state index in [1.807, 2.05) is 0 Å². The lowest BCUT2D eigenvalue weighted by Gasteiger charge is -2.33. The fraction of sp³-hybridized carbons (Fsp3) is 0.857. The standard InChI is InChI=1S/C14H28N4O4S/c1-4-23(20,21)17-9-5-8-16-14(15-2)18-10-6-12(7-11-18)13(19)22-3/h12,17H,4-11H2,1-3H3,(H,15,16). The number of piperidine rings is 1. The van der Waals surface area contributed by atoms with E-state index in [1.54, 1.807) is 14.0 Å². The molecular formula is C14H28N4O4S. The highest BCUT2D eigenvalue weighted by Crippen LogP contribution is 2.18. The van der Waals surface area contributed by atoms with E-state index in [4.69, 9.17) is 4.74 Å². The molecule has 23 heavy (non-hydrogen) atoms. The summed E-state index contributed by atoms with van der Waals surface area (Å²) in [7, 11) is 0.0101. The Bertz CT molecular complexity index is 499. The molecule has 134 valence electrons. The minimum absolute atomic E-state index is 0.0298. The van der Waals surface area contributed by atoms with Crippen LogP contribution in [-0.4, -0.2) is 71.3 Å². The summed E-state index contributed by atoms with van der Waals surface area (Å²) in [4.78, 5) is 17.9. The molecule has 1 fully saturated rings. The first kappa shape index (κ1) is 19.7. The van der Waals surface area contributed by atoms with Crippen molar-refractivity contribution in [1.82, 2.24) is 14.9 Å². The highest BCUT2D eigenvalue weighted by atomic mass is 32.2. The zero-order valence-electron chi connectivity index (χ0n) is 14.2. The molecule has 2 N–H and O–H groups in total. The number of nitrogens with one attached hydrogen (secondary N) is 2. The number of aliphatic imine (C=N–C) groups is 1. The molecule has 0 unspecified atom stereocenters. The number of guanidine groups is 1. The van der Waals surface area contributed by atoms with Crippen LogP contribution in [0.2, 0.25) is 0 Å². The van der Waals surface area contributed by atoms with Gasteiger partial charge in [-0.3, -0.25) is 9.79 Å². The van der Waals surface area contributed by atoms with Crippen LogP contribution in [0.1, 0.15) is 26.2 Å². The summed E-state index contributed by atoms with van der Waals surface area (Å²) in [5.41, 5.74) is 0. The van der Waals surface area contributed by atoms with Gasteiger partial charge in [0, 0.05) is 33.2 Å². The van der Waals surface area contributed by atoms with Crippen LogP contribution in [0, 0.1) is 5.92 Å². The molecule has 1 aliphatic rings. The van der Waals surface area contributed by atoms with E-state index in [-0.39, 0.29) is 17.6 Å². The number of likely N-dealkylation sites (tertiary alicyclic amines) is 1.